The van der Waals surface area contributed by atoms with Crippen molar-refractivity contribution in [3.05, 3.63) is 56.8 Å². The number of carbonyl (C=O) groups excluding carboxylic acids is 2. The molecule has 2 heterocycles. The molecule has 5 heteroatoms. The molecule has 4 rings (SSSR count). The average Bonchev–Trinajstić information content (AvgIpc) is 3.15. The highest BCUT2D eigenvalue weighted by Crippen LogP contribution is 2.30. The van der Waals surface area contributed by atoms with E-state index in [2.05, 4.69) is 16.0 Å². The molecule has 1 atom stereocenters. The number of carbonyl (C=O) groups is 2. The normalized spacial score (nSPS) is 18.7. The van der Waals surface area contributed by atoms with Crippen molar-refractivity contribution in [1.82, 2.24) is 10.6 Å². The maximum atomic E-state index is 12.3. The van der Waals surface area contributed by atoms with E-state index in [4.69, 9.17) is 0 Å². The van der Waals surface area contributed by atoms with Crippen LogP contribution in [-0.4, -0.2) is 11.8 Å². The lowest BCUT2D eigenvalue weighted by Gasteiger charge is -2.14. The Morgan fingerprint density at radius 2 is 2.08 bits per heavy atom. The lowest BCUT2D eigenvalue weighted by Crippen LogP contribution is -2.29. The van der Waals surface area contributed by atoms with Gasteiger partial charge in [0, 0.05) is 17.0 Å². The molecule has 1 aliphatic carbocycles. The lowest BCUT2D eigenvalue weighted by molar-refractivity contribution is -0.121. The molecular weight excluding hydrogens is 320 g/mol. The summed E-state index contributed by atoms with van der Waals surface area (Å²) >= 11 is 1.82. The molecule has 2 aromatic rings. The van der Waals surface area contributed by atoms with E-state index >= 15 is 0 Å². The van der Waals surface area contributed by atoms with Gasteiger partial charge in [0.1, 0.15) is 0 Å². The molecule has 0 saturated heterocycles. The quantitative estimate of drug-likeness (QED) is 0.898. The minimum Gasteiger partial charge on any atom is -0.352 e. The molecule has 1 aromatic carbocycles. The molecule has 1 unspecified atom stereocenters. The van der Waals surface area contributed by atoms with Crippen LogP contribution in [0.25, 0.3) is 0 Å². The summed E-state index contributed by atoms with van der Waals surface area (Å²) in [7, 11) is 0. The second-order valence-corrected chi connectivity index (χ2v) is 7.43. The van der Waals surface area contributed by atoms with E-state index in [0.29, 0.717) is 12.1 Å². The largest absolute Gasteiger partial charge is 0.352 e. The molecule has 124 valence electrons. The molecule has 2 aliphatic rings. The first kappa shape index (κ1) is 15.4. The summed E-state index contributed by atoms with van der Waals surface area (Å²) in [5.74, 6) is -0.108. The molecule has 0 saturated carbocycles. The Hall–Kier alpha value is -2.14. The van der Waals surface area contributed by atoms with E-state index in [0.717, 1.165) is 12.0 Å². The number of thiophene rings is 1. The fraction of sp³-hybridized carbons (Fsp3) is 0.368. The van der Waals surface area contributed by atoms with Crippen LogP contribution in [0.1, 0.15) is 57.2 Å². The summed E-state index contributed by atoms with van der Waals surface area (Å²) in [6.45, 7) is 0.590. The number of nitrogens with one attached hydrogen (secondary N) is 2. The van der Waals surface area contributed by atoms with Crippen LogP contribution in [0.5, 0.6) is 0 Å². The standard InChI is InChI=1S/C19H20N2O2S/c22-18(9-16-14-6-1-2-7-15(14)19(23)21-16)20-10-12-11-24-17-8-4-3-5-13(12)17/h1-2,6-7,11,16H,3-5,8-10H2,(H,20,22)(H,21,23). The van der Waals surface area contributed by atoms with E-state index in [-0.39, 0.29) is 24.3 Å². The minimum atomic E-state index is -0.218. The van der Waals surface area contributed by atoms with Gasteiger partial charge in [-0.3, -0.25) is 9.59 Å². The van der Waals surface area contributed by atoms with Gasteiger partial charge in [0.25, 0.3) is 5.91 Å². The fourth-order valence-corrected chi connectivity index (χ4v) is 4.79. The Morgan fingerprint density at radius 1 is 1.25 bits per heavy atom. The van der Waals surface area contributed by atoms with E-state index in [1.165, 1.54) is 35.3 Å². The maximum Gasteiger partial charge on any atom is 0.252 e. The third-order valence-electron chi connectivity index (χ3n) is 4.90. The molecule has 2 N–H and O–H groups in total. The predicted molar refractivity (Wildman–Crippen MR) is 94.1 cm³/mol. The van der Waals surface area contributed by atoms with Crippen molar-refractivity contribution >= 4 is 23.2 Å². The van der Waals surface area contributed by atoms with Crippen molar-refractivity contribution in [1.29, 1.82) is 0 Å². The Kier molecular flexibility index (Phi) is 4.10. The van der Waals surface area contributed by atoms with Crippen LogP contribution in [0.3, 0.4) is 0 Å². The van der Waals surface area contributed by atoms with Crippen molar-refractivity contribution in [2.45, 2.75) is 44.7 Å². The Labute approximate surface area is 145 Å². The van der Waals surface area contributed by atoms with Gasteiger partial charge >= 0.3 is 0 Å². The van der Waals surface area contributed by atoms with E-state index < -0.39 is 0 Å². The molecule has 1 aromatic heterocycles. The zero-order valence-electron chi connectivity index (χ0n) is 13.4. The van der Waals surface area contributed by atoms with Gasteiger partial charge in [-0.05, 0) is 53.8 Å². The first-order valence-corrected chi connectivity index (χ1v) is 9.35. The van der Waals surface area contributed by atoms with Crippen LogP contribution in [0.15, 0.2) is 29.6 Å². The zero-order valence-corrected chi connectivity index (χ0v) is 14.2. The van der Waals surface area contributed by atoms with Crippen molar-refractivity contribution in [3.8, 4) is 0 Å². The van der Waals surface area contributed by atoms with Crippen molar-refractivity contribution in [2.75, 3.05) is 0 Å². The minimum absolute atomic E-state index is 0.0206. The summed E-state index contributed by atoms with van der Waals surface area (Å²) in [6.07, 6.45) is 5.12. The molecule has 2 amide bonds. The van der Waals surface area contributed by atoms with Crippen molar-refractivity contribution in [2.24, 2.45) is 0 Å². The number of hydrogen-bond donors (Lipinski definition) is 2. The highest BCUT2D eigenvalue weighted by atomic mass is 32.1. The second kappa shape index (κ2) is 6.40. The first-order valence-electron chi connectivity index (χ1n) is 8.47. The summed E-state index contributed by atoms with van der Waals surface area (Å²) in [5, 5.41) is 8.10. The second-order valence-electron chi connectivity index (χ2n) is 6.46. The number of hydrogen-bond acceptors (Lipinski definition) is 3. The lowest BCUT2D eigenvalue weighted by atomic mass is 9.96. The number of fused-ring (bicyclic) bond motifs is 2. The molecule has 24 heavy (non-hydrogen) atoms. The predicted octanol–water partition coefficient (Wildman–Crippen LogP) is 3.12. The Morgan fingerprint density at radius 3 is 3.00 bits per heavy atom. The molecule has 0 bridgehead atoms. The molecule has 0 spiro atoms. The fourth-order valence-electron chi connectivity index (χ4n) is 3.64. The molecule has 4 nitrogen and oxygen atoms in total. The van der Waals surface area contributed by atoms with Gasteiger partial charge in [0.2, 0.25) is 5.91 Å². The van der Waals surface area contributed by atoms with Crippen LogP contribution >= 0.6 is 11.3 Å². The van der Waals surface area contributed by atoms with Crippen LogP contribution in [0, 0.1) is 0 Å². The maximum absolute atomic E-state index is 12.3. The summed E-state index contributed by atoms with van der Waals surface area (Å²) in [6, 6.07) is 7.26. The molecule has 0 fully saturated rings. The molecule has 1 aliphatic heterocycles. The third kappa shape index (κ3) is 2.84. The van der Waals surface area contributed by atoms with E-state index in [1.54, 1.807) is 6.07 Å². The number of amides is 2. The van der Waals surface area contributed by atoms with Crippen LogP contribution in [0.2, 0.25) is 0 Å². The summed E-state index contributed by atoms with van der Waals surface area (Å²) < 4.78 is 0. The van der Waals surface area contributed by atoms with Gasteiger partial charge in [-0.25, -0.2) is 0 Å². The van der Waals surface area contributed by atoms with Gasteiger partial charge in [0.05, 0.1) is 12.5 Å². The zero-order chi connectivity index (χ0) is 16.5. The van der Waals surface area contributed by atoms with Crippen molar-refractivity contribution < 1.29 is 9.59 Å². The molecule has 0 radical (unpaired) electrons. The number of benzene rings is 1. The smallest absolute Gasteiger partial charge is 0.252 e. The monoisotopic (exact) mass is 340 g/mol. The van der Waals surface area contributed by atoms with Gasteiger partial charge in [0.15, 0.2) is 0 Å². The van der Waals surface area contributed by atoms with E-state index in [1.807, 2.05) is 29.5 Å². The van der Waals surface area contributed by atoms with Crippen LogP contribution in [-0.2, 0) is 24.2 Å². The molecular formula is C19H20N2O2S. The third-order valence-corrected chi connectivity index (χ3v) is 6.04. The van der Waals surface area contributed by atoms with Gasteiger partial charge < -0.3 is 10.6 Å². The summed E-state index contributed by atoms with van der Waals surface area (Å²) in [5.41, 5.74) is 4.32. The highest BCUT2D eigenvalue weighted by molar-refractivity contribution is 7.10. The SMILES string of the molecule is O=C(CC1NC(=O)c2ccccc21)NCc1csc2c1CCCC2. The summed E-state index contributed by atoms with van der Waals surface area (Å²) in [4.78, 5) is 25.7. The average molecular weight is 340 g/mol. The van der Waals surface area contributed by atoms with Gasteiger partial charge in [-0.15, -0.1) is 11.3 Å². The van der Waals surface area contributed by atoms with E-state index in [9.17, 15) is 9.59 Å². The first-order chi connectivity index (χ1) is 11.7. The van der Waals surface area contributed by atoms with Crippen LogP contribution < -0.4 is 10.6 Å². The van der Waals surface area contributed by atoms with Gasteiger partial charge in [-0.2, -0.15) is 0 Å². The topological polar surface area (TPSA) is 58.2 Å². The Balaban J connectivity index is 1.38. The Bertz CT molecular complexity index is 796. The van der Waals surface area contributed by atoms with Crippen LogP contribution in [0.4, 0.5) is 0 Å². The van der Waals surface area contributed by atoms with Crippen molar-refractivity contribution in [3.63, 3.8) is 0 Å². The number of aryl methyl sites for hydroxylation is 1. The van der Waals surface area contributed by atoms with Gasteiger partial charge in [-0.1, -0.05) is 18.2 Å². The highest BCUT2D eigenvalue weighted by Gasteiger charge is 2.29. The number of rotatable bonds is 4.